The average molecular weight is 257 g/mol. The number of ether oxygens (including phenoxy) is 1. The zero-order valence-corrected chi connectivity index (χ0v) is 11.7. The van der Waals surface area contributed by atoms with Crippen LogP contribution in [0.5, 0.6) is 0 Å². The number of rotatable bonds is 6. The molecule has 1 rings (SSSR count). The smallest absolute Gasteiger partial charge is 0.409 e. The topological polar surface area (TPSA) is 49.8 Å². The third-order valence-corrected chi connectivity index (χ3v) is 3.67. The molecule has 0 radical (unpaired) electrons. The normalized spacial score (nSPS) is 18.7. The third kappa shape index (κ3) is 5.25. The summed E-state index contributed by atoms with van der Waals surface area (Å²) in [5, 5.41) is 9.62. The molecule has 0 spiro atoms. The lowest BCUT2D eigenvalue weighted by Gasteiger charge is -2.32. The summed E-state index contributed by atoms with van der Waals surface area (Å²) in [6.45, 7) is 6.16. The molecule has 18 heavy (non-hydrogen) atoms. The molecule has 4 heteroatoms. The van der Waals surface area contributed by atoms with E-state index in [0.29, 0.717) is 12.5 Å². The van der Waals surface area contributed by atoms with E-state index in [1.54, 1.807) is 4.90 Å². The second kappa shape index (κ2) is 8.35. The maximum atomic E-state index is 11.7. The van der Waals surface area contributed by atoms with E-state index in [-0.39, 0.29) is 12.2 Å². The van der Waals surface area contributed by atoms with Gasteiger partial charge in [0.1, 0.15) is 0 Å². The second-order valence-electron chi connectivity index (χ2n) is 5.20. The van der Waals surface area contributed by atoms with Crippen molar-refractivity contribution in [3.05, 3.63) is 0 Å². The summed E-state index contributed by atoms with van der Waals surface area (Å²) in [4.78, 5) is 13.5. The van der Waals surface area contributed by atoms with Crippen molar-refractivity contribution in [3.63, 3.8) is 0 Å². The maximum Gasteiger partial charge on any atom is 0.409 e. The quantitative estimate of drug-likeness (QED) is 0.744. The van der Waals surface area contributed by atoms with E-state index >= 15 is 0 Å². The Morgan fingerprint density at radius 2 is 2.06 bits per heavy atom. The number of piperidine rings is 1. The molecule has 0 aromatic heterocycles. The first-order valence-corrected chi connectivity index (χ1v) is 7.27. The molecule has 1 aliphatic heterocycles. The summed E-state index contributed by atoms with van der Waals surface area (Å²) < 4.78 is 5.20. The van der Waals surface area contributed by atoms with Gasteiger partial charge in [-0.05, 0) is 38.0 Å². The number of unbranched alkanes of at least 4 members (excludes halogenated alkanes) is 1. The lowest BCUT2D eigenvalue weighted by atomic mass is 9.90. The molecule has 0 aliphatic carbocycles. The summed E-state index contributed by atoms with van der Waals surface area (Å²) in [5.74, 6) is 0.555. The minimum absolute atomic E-state index is 0.169. The highest BCUT2D eigenvalue weighted by Gasteiger charge is 2.24. The van der Waals surface area contributed by atoms with Crippen LogP contribution < -0.4 is 0 Å². The van der Waals surface area contributed by atoms with Crippen molar-refractivity contribution in [2.24, 2.45) is 5.92 Å². The monoisotopic (exact) mass is 257 g/mol. The molecule has 1 fully saturated rings. The van der Waals surface area contributed by atoms with Crippen LogP contribution in [0.2, 0.25) is 0 Å². The first-order chi connectivity index (χ1) is 8.67. The van der Waals surface area contributed by atoms with Crippen molar-refractivity contribution in [1.82, 2.24) is 4.90 Å². The Labute approximate surface area is 110 Å². The van der Waals surface area contributed by atoms with Gasteiger partial charge in [0, 0.05) is 13.1 Å². The van der Waals surface area contributed by atoms with Gasteiger partial charge in [-0.3, -0.25) is 0 Å². The van der Waals surface area contributed by atoms with Crippen molar-refractivity contribution in [2.45, 2.75) is 58.5 Å². The Balaban J connectivity index is 2.20. The van der Waals surface area contributed by atoms with Crippen LogP contribution in [0.4, 0.5) is 4.79 Å². The maximum absolute atomic E-state index is 11.7. The Bertz CT molecular complexity index is 237. The van der Waals surface area contributed by atoms with Gasteiger partial charge in [-0.15, -0.1) is 0 Å². The van der Waals surface area contributed by atoms with Gasteiger partial charge >= 0.3 is 6.09 Å². The highest BCUT2D eigenvalue weighted by molar-refractivity contribution is 5.67. The standard InChI is InChI=1S/C14H27NO3/c1-3-5-10-18-14(17)15-8-6-12(7-9-15)11-13(16)4-2/h12-13,16H,3-11H2,1-2H3. The van der Waals surface area contributed by atoms with E-state index in [2.05, 4.69) is 6.92 Å². The van der Waals surface area contributed by atoms with Crippen LogP contribution in [0, 0.1) is 5.92 Å². The fourth-order valence-corrected chi connectivity index (χ4v) is 2.30. The minimum atomic E-state index is -0.182. The number of amides is 1. The number of aliphatic hydroxyl groups excluding tert-OH is 1. The van der Waals surface area contributed by atoms with E-state index in [1.807, 2.05) is 6.92 Å². The molecule has 106 valence electrons. The molecule has 1 amide bonds. The Morgan fingerprint density at radius 1 is 1.39 bits per heavy atom. The number of aliphatic hydroxyl groups is 1. The number of nitrogens with zero attached hydrogens (tertiary/aromatic N) is 1. The third-order valence-electron chi connectivity index (χ3n) is 3.67. The molecule has 1 N–H and O–H groups in total. The zero-order valence-electron chi connectivity index (χ0n) is 11.7. The van der Waals surface area contributed by atoms with E-state index in [4.69, 9.17) is 4.74 Å². The van der Waals surface area contributed by atoms with Crippen LogP contribution >= 0.6 is 0 Å². The van der Waals surface area contributed by atoms with Crippen molar-refractivity contribution in [2.75, 3.05) is 19.7 Å². The SMILES string of the molecule is CCCCOC(=O)N1CCC(CC(O)CC)CC1. The average Bonchev–Trinajstić information content (AvgIpc) is 2.39. The zero-order chi connectivity index (χ0) is 13.4. The summed E-state index contributed by atoms with van der Waals surface area (Å²) >= 11 is 0. The fraction of sp³-hybridized carbons (Fsp3) is 0.929. The van der Waals surface area contributed by atoms with Gasteiger partial charge in [0.25, 0.3) is 0 Å². The summed E-state index contributed by atoms with van der Waals surface area (Å²) in [6.07, 6.45) is 5.29. The number of carbonyl (C=O) groups excluding carboxylic acids is 1. The molecular formula is C14H27NO3. The lowest BCUT2D eigenvalue weighted by Crippen LogP contribution is -2.39. The van der Waals surface area contributed by atoms with Crippen LogP contribution in [-0.4, -0.2) is 41.9 Å². The number of hydrogen-bond donors (Lipinski definition) is 1. The van der Waals surface area contributed by atoms with Crippen molar-refractivity contribution in [1.29, 1.82) is 0 Å². The summed E-state index contributed by atoms with van der Waals surface area (Å²) in [5.41, 5.74) is 0. The largest absolute Gasteiger partial charge is 0.449 e. The molecule has 1 unspecified atom stereocenters. The first kappa shape index (κ1) is 15.3. The Morgan fingerprint density at radius 3 is 2.61 bits per heavy atom. The molecule has 4 nitrogen and oxygen atoms in total. The van der Waals surface area contributed by atoms with E-state index in [0.717, 1.165) is 51.6 Å². The summed E-state index contributed by atoms with van der Waals surface area (Å²) in [6, 6.07) is 0. The minimum Gasteiger partial charge on any atom is -0.449 e. The molecule has 0 bridgehead atoms. The fourth-order valence-electron chi connectivity index (χ4n) is 2.30. The van der Waals surface area contributed by atoms with Gasteiger partial charge < -0.3 is 14.7 Å². The lowest BCUT2D eigenvalue weighted by molar-refractivity contribution is 0.0748. The number of hydrogen-bond acceptors (Lipinski definition) is 3. The highest BCUT2D eigenvalue weighted by atomic mass is 16.6. The Hall–Kier alpha value is -0.770. The molecule has 0 saturated carbocycles. The van der Waals surface area contributed by atoms with Crippen molar-refractivity contribution in [3.8, 4) is 0 Å². The molecule has 0 aromatic rings. The first-order valence-electron chi connectivity index (χ1n) is 7.27. The van der Waals surface area contributed by atoms with Crippen LogP contribution in [-0.2, 0) is 4.74 Å². The van der Waals surface area contributed by atoms with Gasteiger partial charge in [-0.25, -0.2) is 4.79 Å². The predicted molar refractivity (Wildman–Crippen MR) is 71.5 cm³/mol. The molecule has 1 saturated heterocycles. The predicted octanol–water partition coefficient (Wildman–Crippen LogP) is 2.80. The molecule has 1 atom stereocenters. The van der Waals surface area contributed by atoms with E-state index < -0.39 is 0 Å². The number of likely N-dealkylation sites (tertiary alicyclic amines) is 1. The van der Waals surface area contributed by atoms with Crippen LogP contribution in [0.25, 0.3) is 0 Å². The van der Waals surface area contributed by atoms with Gasteiger partial charge in [0.2, 0.25) is 0 Å². The number of carbonyl (C=O) groups is 1. The van der Waals surface area contributed by atoms with Crippen LogP contribution in [0.15, 0.2) is 0 Å². The van der Waals surface area contributed by atoms with Gasteiger partial charge in [-0.2, -0.15) is 0 Å². The van der Waals surface area contributed by atoms with Gasteiger partial charge in [0.05, 0.1) is 12.7 Å². The van der Waals surface area contributed by atoms with E-state index in [1.165, 1.54) is 0 Å². The van der Waals surface area contributed by atoms with Gasteiger partial charge in [-0.1, -0.05) is 20.3 Å². The van der Waals surface area contributed by atoms with Gasteiger partial charge in [0.15, 0.2) is 0 Å². The molecule has 1 aliphatic rings. The van der Waals surface area contributed by atoms with Crippen LogP contribution in [0.1, 0.15) is 52.4 Å². The molecule has 0 aromatic carbocycles. The molecular weight excluding hydrogens is 230 g/mol. The Kier molecular flexibility index (Phi) is 7.09. The summed E-state index contributed by atoms with van der Waals surface area (Å²) in [7, 11) is 0. The van der Waals surface area contributed by atoms with Crippen molar-refractivity contribution >= 4 is 6.09 Å². The van der Waals surface area contributed by atoms with Crippen LogP contribution in [0.3, 0.4) is 0 Å². The van der Waals surface area contributed by atoms with Crippen molar-refractivity contribution < 1.29 is 14.6 Å². The van der Waals surface area contributed by atoms with E-state index in [9.17, 15) is 9.90 Å². The second-order valence-corrected chi connectivity index (χ2v) is 5.20. The molecule has 1 heterocycles. The highest BCUT2D eigenvalue weighted by Crippen LogP contribution is 2.23.